The van der Waals surface area contributed by atoms with Crippen LogP contribution >= 0.6 is 0 Å². The summed E-state index contributed by atoms with van der Waals surface area (Å²) in [6.45, 7) is 7.85. The predicted octanol–water partition coefficient (Wildman–Crippen LogP) is 2.90. The van der Waals surface area contributed by atoms with Crippen LogP contribution in [0.25, 0.3) is 0 Å². The van der Waals surface area contributed by atoms with E-state index in [0.717, 1.165) is 6.54 Å². The molecule has 0 saturated carbocycles. The molecule has 1 aromatic carbocycles. The normalized spacial score (nSPS) is 20.6. The van der Waals surface area contributed by atoms with E-state index in [4.69, 9.17) is 0 Å². The Morgan fingerprint density at radius 2 is 2.14 bits per heavy atom. The Labute approximate surface area is 86.5 Å². The van der Waals surface area contributed by atoms with E-state index in [9.17, 15) is 0 Å². The summed E-state index contributed by atoms with van der Waals surface area (Å²) in [7, 11) is 0. The monoisotopic (exact) mass is 189 g/mol. The summed E-state index contributed by atoms with van der Waals surface area (Å²) >= 11 is 0. The Morgan fingerprint density at radius 3 is 2.86 bits per heavy atom. The van der Waals surface area contributed by atoms with Gasteiger partial charge >= 0.3 is 0 Å². The summed E-state index contributed by atoms with van der Waals surface area (Å²) in [5.74, 6) is 0. The Kier molecular flexibility index (Phi) is 2.60. The maximum Gasteiger partial charge on any atom is 0.0320 e. The Bertz CT molecular complexity index is 341. The summed E-state index contributed by atoms with van der Waals surface area (Å²) in [5.41, 5.74) is 6.06. The first-order valence-corrected chi connectivity index (χ1v) is 5.56. The molecule has 1 aromatic rings. The lowest BCUT2D eigenvalue weighted by atomic mass is 9.88. The highest BCUT2D eigenvalue weighted by atomic mass is 14.9. The summed E-state index contributed by atoms with van der Waals surface area (Å²) in [4.78, 5) is 0. The third-order valence-corrected chi connectivity index (χ3v) is 3.45. The second-order valence-electron chi connectivity index (χ2n) is 4.24. The van der Waals surface area contributed by atoms with Gasteiger partial charge in [0.15, 0.2) is 0 Å². The van der Waals surface area contributed by atoms with Crippen LogP contribution in [0.5, 0.6) is 0 Å². The summed E-state index contributed by atoms with van der Waals surface area (Å²) in [6.07, 6.45) is 2.38. The van der Waals surface area contributed by atoms with Crippen molar-refractivity contribution < 1.29 is 0 Å². The standard InChI is InChI=1S/C13H19N/c1-4-13-12-6-5-9(2)10(3)11(12)7-8-14-13/h5-6,13-14H,4,7-8H2,1-3H3. The van der Waals surface area contributed by atoms with E-state index in [1.54, 1.807) is 5.56 Å². The van der Waals surface area contributed by atoms with Gasteiger partial charge in [0.1, 0.15) is 0 Å². The van der Waals surface area contributed by atoms with Crippen LogP contribution in [0.3, 0.4) is 0 Å². The van der Waals surface area contributed by atoms with Crippen molar-refractivity contribution in [2.45, 2.75) is 39.7 Å². The molecule has 0 bridgehead atoms. The van der Waals surface area contributed by atoms with Crippen molar-refractivity contribution in [2.24, 2.45) is 0 Å². The number of nitrogens with one attached hydrogen (secondary N) is 1. The minimum absolute atomic E-state index is 0.582. The molecule has 0 radical (unpaired) electrons. The second-order valence-corrected chi connectivity index (χ2v) is 4.24. The number of hydrogen-bond donors (Lipinski definition) is 1. The first kappa shape index (κ1) is 9.72. The maximum atomic E-state index is 3.57. The fourth-order valence-corrected chi connectivity index (χ4v) is 2.40. The predicted molar refractivity (Wildman–Crippen MR) is 60.7 cm³/mol. The van der Waals surface area contributed by atoms with Gasteiger partial charge in [-0.15, -0.1) is 0 Å². The first-order valence-electron chi connectivity index (χ1n) is 5.56. The van der Waals surface area contributed by atoms with Crippen LogP contribution in [-0.4, -0.2) is 6.54 Å². The van der Waals surface area contributed by atoms with Crippen molar-refractivity contribution >= 4 is 0 Å². The molecule has 0 aromatic heterocycles. The fraction of sp³-hybridized carbons (Fsp3) is 0.538. The molecule has 1 atom stereocenters. The van der Waals surface area contributed by atoms with Crippen LogP contribution in [0.2, 0.25) is 0 Å². The molecule has 0 amide bonds. The smallest absolute Gasteiger partial charge is 0.0320 e. The minimum Gasteiger partial charge on any atom is -0.310 e. The molecule has 1 aliphatic rings. The highest BCUT2D eigenvalue weighted by Gasteiger charge is 2.19. The number of hydrogen-bond acceptors (Lipinski definition) is 1. The Morgan fingerprint density at radius 1 is 1.36 bits per heavy atom. The zero-order valence-corrected chi connectivity index (χ0v) is 9.35. The average molecular weight is 189 g/mol. The molecule has 1 heteroatoms. The highest BCUT2D eigenvalue weighted by molar-refractivity contribution is 5.42. The van der Waals surface area contributed by atoms with Crippen LogP contribution in [0.15, 0.2) is 12.1 Å². The topological polar surface area (TPSA) is 12.0 Å². The molecule has 0 fully saturated rings. The molecule has 0 spiro atoms. The van der Waals surface area contributed by atoms with E-state index in [0.29, 0.717) is 6.04 Å². The van der Waals surface area contributed by atoms with E-state index < -0.39 is 0 Å². The SMILES string of the molecule is CCC1NCCc2c1ccc(C)c2C. The van der Waals surface area contributed by atoms with Crippen LogP contribution < -0.4 is 5.32 Å². The number of aryl methyl sites for hydroxylation is 1. The van der Waals surface area contributed by atoms with Crippen LogP contribution in [-0.2, 0) is 6.42 Å². The lowest BCUT2D eigenvalue weighted by molar-refractivity contribution is 0.491. The number of fused-ring (bicyclic) bond motifs is 1. The van der Waals surface area contributed by atoms with Crippen LogP contribution in [0.1, 0.15) is 41.6 Å². The van der Waals surface area contributed by atoms with E-state index >= 15 is 0 Å². The zero-order chi connectivity index (χ0) is 10.1. The van der Waals surface area contributed by atoms with Crippen molar-refractivity contribution in [1.82, 2.24) is 5.32 Å². The maximum absolute atomic E-state index is 3.57. The van der Waals surface area contributed by atoms with Crippen molar-refractivity contribution in [2.75, 3.05) is 6.54 Å². The summed E-state index contributed by atoms with van der Waals surface area (Å²) in [6, 6.07) is 5.14. The van der Waals surface area contributed by atoms with Gasteiger partial charge in [-0.2, -0.15) is 0 Å². The lowest BCUT2D eigenvalue weighted by Crippen LogP contribution is -2.30. The molecular weight excluding hydrogens is 170 g/mol. The van der Waals surface area contributed by atoms with Gasteiger partial charge in [-0.3, -0.25) is 0 Å². The summed E-state index contributed by atoms with van der Waals surface area (Å²) < 4.78 is 0. The van der Waals surface area contributed by atoms with E-state index in [-0.39, 0.29) is 0 Å². The van der Waals surface area contributed by atoms with Crippen molar-refractivity contribution in [1.29, 1.82) is 0 Å². The van der Waals surface area contributed by atoms with Gasteiger partial charge in [-0.05, 0) is 55.5 Å². The molecule has 14 heavy (non-hydrogen) atoms. The van der Waals surface area contributed by atoms with Gasteiger partial charge < -0.3 is 5.32 Å². The zero-order valence-electron chi connectivity index (χ0n) is 9.35. The molecule has 0 saturated heterocycles. The minimum atomic E-state index is 0.582. The first-order chi connectivity index (χ1) is 6.74. The lowest BCUT2D eigenvalue weighted by Gasteiger charge is -2.28. The molecule has 76 valence electrons. The van der Waals surface area contributed by atoms with Gasteiger partial charge in [0.05, 0.1) is 0 Å². The molecule has 1 N–H and O–H groups in total. The van der Waals surface area contributed by atoms with Gasteiger partial charge in [0.25, 0.3) is 0 Å². The summed E-state index contributed by atoms with van der Waals surface area (Å²) in [5, 5.41) is 3.57. The number of rotatable bonds is 1. The third-order valence-electron chi connectivity index (χ3n) is 3.45. The quantitative estimate of drug-likeness (QED) is 0.716. The Balaban J connectivity index is 2.50. The van der Waals surface area contributed by atoms with Crippen molar-refractivity contribution in [3.05, 3.63) is 34.4 Å². The molecule has 1 heterocycles. The largest absolute Gasteiger partial charge is 0.310 e. The van der Waals surface area contributed by atoms with Crippen LogP contribution in [0, 0.1) is 13.8 Å². The second kappa shape index (κ2) is 3.74. The molecular formula is C13H19N. The van der Waals surface area contributed by atoms with E-state index in [2.05, 4.69) is 38.2 Å². The van der Waals surface area contributed by atoms with Gasteiger partial charge in [-0.25, -0.2) is 0 Å². The van der Waals surface area contributed by atoms with Gasteiger partial charge in [-0.1, -0.05) is 19.1 Å². The fourth-order valence-electron chi connectivity index (χ4n) is 2.40. The average Bonchev–Trinajstić information content (AvgIpc) is 2.23. The van der Waals surface area contributed by atoms with Gasteiger partial charge in [0.2, 0.25) is 0 Å². The van der Waals surface area contributed by atoms with E-state index in [1.165, 1.54) is 29.5 Å². The molecule has 1 nitrogen and oxygen atoms in total. The highest BCUT2D eigenvalue weighted by Crippen LogP contribution is 2.28. The third kappa shape index (κ3) is 1.46. The molecule has 2 rings (SSSR count). The molecule has 1 aliphatic heterocycles. The van der Waals surface area contributed by atoms with Gasteiger partial charge in [0, 0.05) is 6.04 Å². The van der Waals surface area contributed by atoms with E-state index in [1.807, 2.05) is 0 Å². The van der Waals surface area contributed by atoms with Crippen LogP contribution in [0.4, 0.5) is 0 Å². The van der Waals surface area contributed by atoms with Crippen molar-refractivity contribution in [3.8, 4) is 0 Å². The molecule has 1 unspecified atom stereocenters. The molecule has 0 aliphatic carbocycles. The number of benzene rings is 1. The Hall–Kier alpha value is -0.820. The van der Waals surface area contributed by atoms with Crippen molar-refractivity contribution in [3.63, 3.8) is 0 Å².